The summed E-state index contributed by atoms with van der Waals surface area (Å²) in [6, 6.07) is 0. The van der Waals surface area contributed by atoms with Crippen LogP contribution < -0.4 is 0 Å². The summed E-state index contributed by atoms with van der Waals surface area (Å²) in [5, 5.41) is 67.1. The van der Waals surface area contributed by atoms with E-state index in [-0.39, 0.29) is 31.8 Å². The highest BCUT2D eigenvalue weighted by molar-refractivity contribution is 5.85. The first kappa shape index (κ1) is 28.1. The van der Waals surface area contributed by atoms with Gasteiger partial charge in [0.2, 0.25) is 0 Å². The second kappa shape index (κ2) is 8.95. The lowest BCUT2D eigenvalue weighted by Gasteiger charge is -2.64. The van der Waals surface area contributed by atoms with Gasteiger partial charge in [0.15, 0.2) is 6.29 Å². The summed E-state index contributed by atoms with van der Waals surface area (Å²) in [5.41, 5.74) is -4.41. The van der Waals surface area contributed by atoms with E-state index in [1.165, 1.54) is 13.0 Å². The Hall–Kier alpha value is -1.64. The molecule has 0 bridgehead atoms. The molecule has 15 atom stereocenters. The largest absolute Gasteiger partial charge is 0.461 e. The van der Waals surface area contributed by atoms with Gasteiger partial charge in [-0.2, -0.15) is 0 Å². The maximum Gasteiger partial charge on any atom is 0.331 e. The van der Waals surface area contributed by atoms with Crippen LogP contribution in [0, 0.1) is 28.6 Å². The van der Waals surface area contributed by atoms with E-state index in [4.69, 9.17) is 18.9 Å². The maximum absolute atomic E-state index is 13.8. The molecule has 7 aliphatic rings. The van der Waals surface area contributed by atoms with E-state index in [9.17, 15) is 40.2 Å². The van der Waals surface area contributed by atoms with Gasteiger partial charge >= 0.3 is 11.9 Å². The molecule has 2 saturated heterocycles. The number of cyclic esters (lactones) is 1. The van der Waals surface area contributed by atoms with Crippen LogP contribution in [0.5, 0.6) is 0 Å². The fourth-order valence-electron chi connectivity index (χ4n) is 10.4. The Labute approximate surface area is 237 Å². The van der Waals surface area contributed by atoms with Crippen molar-refractivity contribution in [3.05, 3.63) is 11.6 Å². The van der Waals surface area contributed by atoms with Gasteiger partial charge in [0.25, 0.3) is 0 Å². The number of esters is 2. The van der Waals surface area contributed by atoms with Gasteiger partial charge in [0.1, 0.15) is 36.4 Å². The third-order valence-electron chi connectivity index (χ3n) is 12.2. The van der Waals surface area contributed by atoms with E-state index in [1.54, 1.807) is 0 Å². The van der Waals surface area contributed by atoms with E-state index in [1.807, 2.05) is 6.92 Å². The number of ether oxygens (including phenoxy) is 4. The topological polar surface area (TPSA) is 192 Å². The molecule has 0 aromatic carbocycles. The van der Waals surface area contributed by atoms with Crippen LogP contribution in [0.3, 0.4) is 0 Å². The van der Waals surface area contributed by atoms with Crippen LogP contribution in [0.4, 0.5) is 0 Å². The quantitative estimate of drug-likeness (QED) is 0.178. The van der Waals surface area contributed by atoms with Crippen LogP contribution in [-0.2, 0) is 28.5 Å². The first-order chi connectivity index (χ1) is 19.3. The minimum absolute atomic E-state index is 0.0423. The Balaban J connectivity index is 1.19. The van der Waals surface area contributed by atoms with Crippen LogP contribution >= 0.6 is 0 Å². The molecule has 0 aromatic rings. The average Bonchev–Trinajstić information content (AvgIpc) is 3.54. The number of rotatable bonds is 3. The van der Waals surface area contributed by atoms with Crippen LogP contribution in [0.25, 0.3) is 0 Å². The van der Waals surface area contributed by atoms with Gasteiger partial charge in [-0.1, -0.05) is 6.92 Å². The lowest BCUT2D eigenvalue weighted by atomic mass is 9.41. The number of aliphatic hydroxyl groups excluding tert-OH is 4. The molecule has 0 aromatic heterocycles. The number of carbonyl (C=O) groups excluding carboxylic acids is 2. The summed E-state index contributed by atoms with van der Waals surface area (Å²) < 4.78 is 22.7. The normalized spacial score (nSPS) is 57.8. The third kappa shape index (κ3) is 3.44. The number of aliphatic hydroxyl groups is 6. The highest BCUT2D eigenvalue weighted by atomic mass is 16.7. The number of carbonyl (C=O) groups is 2. The molecule has 12 heteroatoms. The molecule has 12 nitrogen and oxygen atoms in total. The summed E-state index contributed by atoms with van der Waals surface area (Å²) in [4.78, 5) is 25.7. The van der Waals surface area contributed by atoms with E-state index >= 15 is 0 Å². The SMILES string of the molecule is C[C@H]1O[C@@H](O[C@@H]2C[C@H](O)[C@@]34C(=O)O[C@@H]5C[C@]6(C)[C@@H](C7=CC(=O)OC7)CC[C@@]6(O)[C@H](CC[C@]3(O)C2)[C@H]54)[C@@H](O)[C@@H](O)[C@H]1O. The fourth-order valence-corrected chi connectivity index (χ4v) is 10.4. The molecule has 0 radical (unpaired) electrons. The van der Waals surface area contributed by atoms with E-state index < -0.39 is 94.8 Å². The smallest absolute Gasteiger partial charge is 0.331 e. The molecular formula is C29H40O12. The first-order valence-corrected chi connectivity index (χ1v) is 14.8. The predicted octanol–water partition coefficient (Wildman–Crippen LogP) is -0.943. The van der Waals surface area contributed by atoms with Gasteiger partial charge in [0, 0.05) is 30.3 Å². The van der Waals surface area contributed by atoms with E-state index in [2.05, 4.69) is 0 Å². The van der Waals surface area contributed by atoms with Gasteiger partial charge in [0.05, 0.1) is 29.5 Å². The van der Waals surface area contributed by atoms with Crippen molar-refractivity contribution in [2.24, 2.45) is 28.6 Å². The van der Waals surface area contributed by atoms with Crippen LogP contribution in [0.15, 0.2) is 11.6 Å². The Morgan fingerprint density at radius 1 is 1.00 bits per heavy atom. The van der Waals surface area contributed by atoms with Crippen molar-refractivity contribution in [3.63, 3.8) is 0 Å². The van der Waals surface area contributed by atoms with Crippen molar-refractivity contribution < 1.29 is 59.2 Å². The van der Waals surface area contributed by atoms with Crippen LogP contribution in [-0.4, -0.2) is 109 Å². The van der Waals surface area contributed by atoms with Crippen molar-refractivity contribution in [1.29, 1.82) is 0 Å². The van der Waals surface area contributed by atoms with Crippen LogP contribution in [0.2, 0.25) is 0 Å². The average molecular weight is 581 g/mol. The molecule has 3 aliphatic heterocycles. The lowest BCUT2D eigenvalue weighted by molar-refractivity contribution is -0.324. The molecule has 6 N–H and O–H groups in total. The molecule has 3 heterocycles. The first-order valence-electron chi connectivity index (χ1n) is 14.8. The van der Waals surface area contributed by atoms with Crippen LogP contribution in [0.1, 0.15) is 58.8 Å². The molecular weight excluding hydrogens is 540 g/mol. The number of hydrogen-bond acceptors (Lipinski definition) is 12. The Kier molecular flexibility index (Phi) is 6.14. The second-order valence-corrected chi connectivity index (χ2v) is 13.9. The minimum atomic E-state index is -1.71. The highest BCUT2D eigenvalue weighted by Gasteiger charge is 2.81. The number of fused-ring (bicyclic) bond motifs is 2. The van der Waals surface area contributed by atoms with Gasteiger partial charge in [-0.25, -0.2) is 4.79 Å². The monoisotopic (exact) mass is 580 g/mol. The molecule has 6 fully saturated rings. The molecule has 228 valence electrons. The summed E-state index contributed by atoms with van der Waals surface area (Å²) in [5.74, 6) is -2.23. The van der Waals surface area contributed by atoms with Gasteiger partial charge in [-0.3, -0.25) is 4.79 Å². The van der Waals surface area contributed by atoms with E-state index in [0.717, 1.165) is 5.57 Å². The number of hydrogen-bond donors (Lipinski definition) is 6. The fraction of sp³-hybridized carbons (Fsp3) is 0.862. The summed E-state index contributed by atoms with van der Waals surface area (Å²) in [6.45, 7) is 3.71. The standard InChI is InChI=1S/C29H40O12/c1-12-21(32)22(33)23(34)24(39-12)40-14-8-18(30)29-20-16(3-5-27(29,36)9-14)28(37)6-4-15(13-7-19(31)38-11-13)26(28,2)10-17(20)41-25(29)35/h7,12,14-18,20-24,30,32-34,36-37H,3-6,8-11H2,1-2H3/t12-,14-,15-,16-,17-,18+,20-,21+,22+,23+,24+,26-,27+,28-,29-/m1/s1. The molecule has 0 amide bonds. The molecule has 1 spiro atoms. The van der Waals surface area contributed by atoms with Crippen molar-refractivity contribution >= 4 is 11.9 Å². The summed E-state index contributed by atoms with van der Waals surface area (Å²) >= 11 is 0. The van der Waals surface area contributed by atoms with Crippen molar-refractivity contribution in [2.45, 2.75) is 119 Å². The maximum atomic E-state index is 13.8. The Morgan fingerprint density at radius 2 is 1.76 bits per heavy atom. The Morgan fingerprint density at radius 3 is 2.46 bits per heavy atom. The lowest BCUT2D eigenvalue weighted by Crippen LogP contribution is -2.73. The molecule has 0 unspecified atom stereocenters. The molecule has 7 rings (SSSR count). The zero-order valence-electron chi connectivity index (χ0n) is 23.2. The summed E-state index contributed by atoms with van der Waals surface area (Å²) in [6.07, 6.45) is -5.91. The molecule has 41 heavy (non-hydrogen) atoms. The van der Waals surface area contributed by atoms with Crippen molar-refractivity contribution in [1.82, 2.24) is 0 Å². The highest BCUT2D eigenvalue weighted by Crippen LogP contribution is 2.73. The van der Waals surface area contributed by atoms with Crippen molar-refractivity contribution in [3.8, 4) is 0 Å². The zero-order valence-corrected chi connectivity index (χ0v) is 23.2. The van der Waals surface area contributed by atoms with Gasteiger partial charge in [-0.15, -0.1) is 0 Å². The zero-order chi connectivity index (χ0) is 29.3. The molecule has 4 saturated carbocycles. The third-order valence-corrected chi connectivity index (χ3v) is 12.2. The summed E-state index contributed by atoms with van der Waals surface area (Å²) in [7, 11) is 0. The predicted molar refractivity (Wildman–Crippen MR) is 135 cm³/mol. The van der Waals surface area contributed by atoms with E-state index in [0.29, 0.717) is 25.7 Å². The van der Waals surface area contributed by atoms with Gasteiger partial charge < -0.3 is 49.6 Å². The second-order valence-electron chi connectivity index (χ2n) is 13.9. The van der Waals surface area contributed by atoms with Crippen molar-refractivity contribution in [2.75, 3.05) is 6.61 Å². The molecule has 4 aliphatic carbocycles. The van der Waals surface area contributed by atoms with Gasteiger partial charge in [-0.05, 0) is 56.4 Å². The Bertz CT molecular complexity index is 1170. The minimum Gasteiger partial charge on any atom is -0.461 e.